The Morgan fingerprint density at radius 2 is 2.45 bits per heavy atom. The number of likely N-dealkylation sites (tertiary alicyclic amines) is 1. The molecule has 0 radical (unpaired) electrons. The maximum Gasteiger partial charge on any atom is 0.244 e. The van der Waals surface area contributed by atoms with Gasteiger partial charge in [0.15, 0.2) is 0 Å². The van der Waals surface area contributed by atoms with Gasteiger partial charge in [0, 0.05) is 43.3 Å². The summed E-state index contributed by atoms with van der Waals surface area (Å²) in [6.07, 6.45) is 7.46. The molecule has 0 spiro atoms. The third kappa shape index (κ3) is 2.74. The fraction of sp³-hybridized carbons (Fsp3) is 0.500. The van der Waals surface area contributed by atoms with Crippen molar-refractivity contribution >= 4 is 5.91 Å². The minimum atomic E-state index is 0.127. The summed E-state index contributed by atoms with van der Waals surface area (Å²) in [7, 11) is 0. The van der Waals surface area contributed by atoms with E-state index < -0.39 is 0 Å². The maximum absolute atomic E-state index is 12.3. The van der Waals surface area contributed by atoms with Crippen molar-refractivity contribution in [1.29, 1.82) is 0 Å². The van der Waals surface area contributed by atoms with Crippen LogP contribution in [0.5, 0.6) is 0 Å². The number of imidazole rings is 1. The first-order chi connectivity index (χ1) is 9.72. The number of H-pyrrole nitrogens is 1. The smallest absolute Gasteiger partial charge is 0.244 e. The molecule has 0 aromatic carbocycles. The zero-order valence-electron chi connectivity index (χ0n) is 11.6. The quantitative estimate of drug-likeness (QED) is 0.917. The number of rotatable bonds is 3. The van der Waals surface area contributed by atoms with Gasteiger partial charge in [-0.25, -0.2) is 4.98 Å². The van der Waals surface area contributed by atoms with Crippen LogP contribution in [-0.2, 0) is 11.3 Å². The van der Waals surface area contributed by atoms with Gasteiger partial charge < -0.3 is 9.88 Å². The summed E-state index contributed by atoms with van der Waals surface area (Å²) in [5.41, 5.74) is 1.07. The molecule has 1 aliphatic rings. The van der Waals surface area contributed by atoms with Crippen molar-refractivity contribution in [3.63, 3.8) is 0 Å². The summed E-state index contributed by atoms with van der Waals surface area (Å²) in [6, 6.07) is 1.83. The van der Waals surface area contributed by atoms with Crippen molar-refractivity contribution in [3.05, 3.63) is 36.2 Å². The van der Waals surface area contributed by atoms with Crippen LogP contribution >= 0.6 is 0 Å². The molecule has 0 saturated carbocycles. The molecule has 3 heterocycles. The first-order valence-electron chi connectivity index (χ1n) is 6.99. The Bertz CT molecular complexity index is 574. The van der Waals surface area contributed by atoms with Crippen molar-refractivity contribution < 1.29 is 4.79 Å². The van der Waals surface area contributed by atoms with E-state index in [0.717, 1.165) is 37.4 Å². The van der Waals surface area contributed by atoms with Gasteiger partial charge in [-0.15, -0.1) is 0 Å². The van der Waals surface area contributed by atoms with Crippen molar-refractivity contribution in [3.8, 4) is 0 Å². The molecule has 20 heavy (non-hydrogen) atoms. The largest absolute Gasteiger partial charge is 0.346 e. The summed E-state index contributed by atoms with van der Waals surface area (Å²) in [5, 5.41) is 4.08. The van der Waals surface area contributed by atoms with E-state index in [1.807, 2.05) is 30.3 Å². The third-order valence-electron chi connectivity index (χ3n) is 3.74. The van der Waals surface area contributed by atoms with E-state index in [1.165, 1.54) is 0 Å². The summed E-state index contributed by atoms with van der Waals surface area (Å²) in [4.78, 5) is 21.9. The fourth-order valence-corrected chi connectivity index (χ4v) is 2.70. The molecule has 1 aliphatic heterocycles. The molecule has 1 amide bonds. The second-order valence-electron chi connectivity index (χ2n) is 5.33. The van der Waals surface area contributed by atoms with Crippen LogP contribution in [0, 0.1) is 6.92 Å². The number of carbonyl (C=O) groups is 1. The zero-order chi connectivity index (χ0) is 13.9. The highest BCUT2D eigenvalue weighted by Gasteiger charge is 2.26. The van der Waals surface area contributed by atoms with Gasteiger partial charge in [0.05, 0.1) is 0 Å². The van der Waals surface area contributed by atoms with Gasteiger partial charge in [0.1, 0.15) is 12.4 Å². The zero-order valence-corrected chi connectivity index (χ0v) is 11.6. The molecule has 2 aromatic rings. The van der Waals surface area contributed by atoms with Crippen molar-refractivity contribution in [2.24, 2.45) is 0 Å². The number of aryl methyl sites for hydroxylation is 1. The molecule has 106 valence electrons. The van der Waals surface area contributed by atoms with Crippen LogP contribution < -0.4 is 0 Å². The number of amides is 1. The Kier molecular flexibility index (Phi) is 3.54. The predicted octanol–water partition coefficient (Wildman–Crippen LogP) is 1.32. The van der Waals surface area contributed by atoms with E-state index in [9.17, 15) is 4.79 Å². The summed E-state index contributed by atoms with van der Waals surface area (Å²) in [5.74, 6) is 1.44. The minimum Gasteiger partial charge on any atom is -0.346 e. The Morgan fingerprint density at radius 3 is 3.15 bits per heavy atom. The number of hydrogen-bond acceptors (Lipinski definition) is 3. The number of carbonyl (C=O) groups excluding carboxylic acids is 1. The molecular formula is C14H19N5O. The number of aromatic amines is 1. The molecular weight excluding hydrogens is 254 g/mol. The molecule has 1 fully saturated rings. The summed E-state index contributed by atoms with van der Waals surface area (Å²) < 4.78 is 1.67. The lowest BCUT2D eigenvalue weighted by molar-refractivity contribution is -0.133. The van der Waals surface area contributed by atoms with Gasteiger partial charge in [-0.3, -0.25) is 9.48 Å². The summed E-state index contributed by atoms with van der Waals surface area (Å²) >= 11 is 0. The number of aromatic nitrogens is 4. The van der Waals surface area contributed by atoms with E-state index in [2.05, 4.69) is 15.1 Å². The lowest BCUT2D eigenvalue weighted by Gasteiger charge is -2.31. The van der Waals surface area contributed by atoms with Crippen LogP contribution in [0.4, 0.5) is 0 Å². The Labute approximate surface area is 117 Å². The third-order valence-corrected chi connectivity index (χ3v) is 3.74. The van der Waals surface area contributed by atoms with Crippen molar-refractivity contribution in [1.82, 2.24) is 24.6 Å². The minimum absolute atomic E-state index is 0.127. The van der Waals surface area contributed by atoms with Gasteiger partial charge in [-0.05, 0) is 25.8 Å². The second kappa shape index (κ2) is 5.48. The molecule has 2 aromatic heterocycles. The van der Waals surface area contributed by atoms with Crippen LogP contribution in [-0.4, -0.2) is 43.6 Å². The summed E-state index contributed by atoms with van der Waals surface area (Å²) in [6.45, 7) is 3.89. The fourth-order valence-electron chi connectivity index (χ4n) is 2.70. The van der Waals surface area contributed by atoms with Crippen LogP contribution in [0.3, 0.4) is 0 Å². The number of piperidine rings is 1. The molecule has 6 heteroatoms. The number of hydrogen-bond donors (Lipinski definition) is 1. The average molecular weight is 273 g/mol. The van der Waals surface area contributed by atoms with E-state index in [1.54, 1.807) is 10.9 Å². The van der Waals surface area contributed by atoms with E-state index in [-0.39, 0.29) is 5.91 Å². The van der Waals surface area contributed by atoms with E-state index >= 15 is 0 Å². The van der Waals surface area contributed by atoms with E-state index in [4.69, 9.17) is 0 Å². The van der Waals surface area contributed by atoms with Crippen molar-refractivity contribution in [2.75, 3.05) is 13.1 Å². The molecule has 1 saturated heterocycles. The highest BCUT2D eigenvalue weighted by molar-refractivity contribution is 5.76. The first kappa shape index (κ1) is 12.9. The average Bonchev–Trinajstić information content (AvgIpc) is 3.10. The Hall–Kier alpha value is -2.11. The van der Waals surface area contributed by atoms with Crippen LogP contribution in [0.25, 0.3) is 0 Å². The van der Waals surface area contributed by atoms with Crippen LogP contribution in [0.2, 0.25) is 0 Å². The number of nitrogens with zero attached hydrogens (tertiary/aromatic N) is 4. The molecule has 6 nitrogen and oxygen atoms in total. The highest BCUT2D eigenvalue weighted by Crippen LogP contribution is 2.24. The standard InChI is InChI=1S/C14H19N5O/c1-11-8-15-14(17-11)12-4-2-6-18(9-12)13(20)10-19-7-3-5-16-19/h3,5,7-8,12H,2,4,6,9-10H2,1H3,(H,15,17)/t12-/m1/s1. The Morgan fingerprint density at radius 1 is 1.55 bits per heavy atom. The van der Waals surface area contributed by atoms with Gasteiger partial charge in [0.2, 0.25) is 5.91 Å². The lowest BCUT2D eigenvalue weighted by Crippen LogP contribution is -2.41. The predicted molar refractivity (Wildman–Crippen MR) is 74.1 cm³/mol. The SMILES string of the molecule is Cc1cnc([C@@H]2CCCN(C(=O)Cn3cccn3)C2)[nH]1. The molecule has 3 rings (SSSR count). The molecule has 1 N–H and O–H groups in total. The normalized spacial score (nSPS) is 19.2. The van der Waals surface area contributed by atoms with Gasteiger partial charge in [-0.2, -0.15) is 5.10 Å². The monoisotopic (exact) mass is 273 g/mol. The second-order valence-corrected chi connectivity index (χ2v) is 5.33. The molecule has 0 unspecified atom stereocenters. The molecule has 0 bridgehead atoms. The molecule has 0 aliphatic carbocycles. The topological polar surface area (TPSA) is 66.8 Å². The van der Waals surface area contributed by atoms with E-state index in [0.29, 0.717) is 12.5 Å². The lowest BCUT2D eigenvalue weighted by atomic mass is 9.97. The maximum atomic E-state index is 12.3. The van der Waals surface area contributed by atoms with Crippen molar-refractivity contribution in [2.45, 2.75) is 32.2 Å². The van der Waals surface area contributed by atoms with Gasteiger partial charge in [0.25, 0.3) is 0 Å². The first-order valence-corrected chi connectivity index (χ1v) is 6.99. The van der Waals surface area contributed by atoms with Crippen LogP contribution in [0.15, 0.2) is 24.7 Å². The number of nitrogens with one attached hydrogen (secondary N) is 1. The van der Waals surface area contributed by atoms with Crippen LogP contribution in [0.1, 0.15) is 30.3 Å². The molecule has 1 atom stereocenters. The van der Waals surface area contributed by atoms with Gasteiger partial charge in [-0.1, -0.05) is 0 Å². The van der Waals surface area contributed by atoms with Gasteiger partial charge >= 0.3 is 0 Å². The highest BCUT2D eigenvalue weighted by atomic mass is 16.2. The Balaban J connectivity index is 1.64.